The Labute approximate surface area is 119 Å². The van der Waals surface area contributed by atoms with E-state index in [4.69, 9.17) is 15.2 Å². The molecule has 0 saturated carbocycles. The number of nitrogens with zero attached hydrogens (tertiary/aromatic N) is 1. The van der Waals surface area contributed by atoms with Gasteiger partial charge < -0.3 is 20.1 Å². The molecule has 0 bridgehead atoms. The molecule has 0 aliphatic carbocycles. The maximum atomic E-state index is 12.2. The second-order valence-electron chi connectivity index (χ2n) is 4.89. The minimum absolute atomic E-state index is 0.135. The van der Waals surface area contributed by atoms with Gasteiger partial charge in [0.15, 0.2) is 0 Å². The van der Waals surface area contributed by atoms with Crippen molar-refractivity contribution in [1.29, 1.82) is 0 Å². The van der Waals surface area contributed by atoms with E-state index in [1.54, 1.807) is 12.1 Å². The van der Waals surface area contributed by atoms with Gasteiger partial charge in [-0.1, -0.05) is 6.92 Å². The SMILES string of the molecule is CCC1COCCN1C(=O)CCOc1ccc(N)cc1. The number of ether oxygens (including phenoxy) is 2. The van der Waals surface area contributed by atoms with Gasteiger partial charge in [0, 0.05) is 12.2 Å². The van der Waals surface area contributed by atoms with E-state index in [0.29, 0.717) is 38.5 Å². The predicted octanol–water partition coefficient (Wildman–Crippen LogP) is 1.68. The molecule has 110 valence electrons. The maximum Gasteiger partial charge on any atom is 0.226 e. The molecule has 1 atom stereocenters. The molecule has 0 spiro atoms. The van der Waals surface area contributed by atoms with Crippen molar-refractivity contribution in [3.8, 4) is 5.75 Å². The molecule has 1 saturated heterocycles. The number of amides is 1. The molecule has 5 nitrogen and oxygen atoms in total. The van der Waals surface area contributed by atoms with Crippen LogP contribution in [0.5, 0.6) is 5.75 Å². The van der Waals surface area contributed by atoms with Gasteiger partial charge in [0.25, 0.3) is 0 Å². The summed E-state index contributed by atoms with van der Waals surface area (Å²) in [5.74, 6) is 0.872. The van der Waals surface area contributed by atoms with E-state index in [1.807, 2.05) is 17.0 Å². The number of nitrogens with two attached hydrogens (primary N) is 1. The first-order valence-electron chi connectivity index (χ1n) is 7.06. The van der Waals surface area contributed by atoms with Crippen molar-refractivity contribution >= 4 is 11.6 Å². The summed E-state index contributed by atoms with van der Waals surface area (Å²) in [5.41, 5.74) is 6.30. The normalized spacial score (nSPS) is 18.9. The highest BCUT2D eigenvalue weighted by Crippen LogP contribution is 2.15. The molecular formula is C15H22N2O3. The van der Waals surface area contributed by atoms with E-state index in [2.05, 4.69) is 6.92 Å². The highest BCUT2D eigenvalue weighted by atomic mass is 16.5. The van der Waals surface area contributed by atoms with Crippen molar-refractivity contribution in [2.24, 2.45) is 0 Å². The molecular weight excluding hydrogens is 256 g/mol. The van der Waals surface area contributed by atoms with E-state index < -0.39 is 0 Å². The summed E-state index contributed by atoms with van der Waals surface area (Å²) in [4.78, 5) is 14.1. The van der Waals surface area contributed by atoms with Crippen LogP contribution < -0.4 is 10.5 Å². The topological polar surface area (TPSA) is 64.8 Å². The third-order valence-corrected chi connectivity index (χ3v) is 3.48. The van der Waals surface area contributed by atoms with Crippen LogP contribution in [0.15, 0.2) is 24.3 Å². The van der Waals surface area contributed by atoms with Crippen molar-refractivity contribution in [3.05, 3.63) is 24.3 Å². The molecule has 1 amide bonds. The number of nitrogen functional groups attached to an aromatic ring is 1. The van der Waals surface area contributed by atoms with Crippen LogP contribution in [0, 0.1) is 0 Å². The molecule has 1 aromatic rings. The summed E-state index contributed by atoms with van der Waals surface area (Å²) in [6, 6.07) is 7.39. The fraction of sp³-hybridized carbons (Fsp3) is 0.533. The average Bonchev–Trinajstić information content (AvgIpc) is 2.49. The number of rotatable bonds is 5. The van der Waals surface area contributed by atoms with Crippen molar-refractivity contribution in [1.82, 2.24) is 4.90 Å². The van der Waals surface area contributed by atoms with Gasteiger partial charge in [-0.3, -0.25) is 4.79 Å². The molecule has 5 heteroatoms. The van der Waals surface area contributed by atoms with Gasteiger partial charge >= 0.3 is 0 Å². The van der Waals surface area contributed by atoms with Crippen LogP contribution in [0.1, 0.15) is 19.8 Å². The molecule has 1 aromatic carbocycles. The molecule has 0 radical (unpaired) electrons. The fourth-order valence-corrected chi connectivity index (χ4v) is 2.29. The monoisotopic (exact) mass is 278 g/mol. The molecule has 1 aliphatic heterocycles. The van der Waals surface area contributed by atoms with E-state index in [0.717, 1.165) is 12.2 Å². The van der Waals surface area contributed by atoms with Crippen LogP contribution in [0.2, 0.25) is 0 Å². The van der Waals surface area contributed by atoms with Crippen molar-refractivity contribution in [2.75, 3.05) is 32.1 Å². The Morgan fingerprint density at radius 2 is 2.20 bits per heavy atom. The third kappa shape index (κ3) is 3.87. The summed E-state index contributed by atoms with van der Waals surface area (Å²) in [6.45, 7) is 4.41. The number of carbonyl (C=O) groups excluding carboxylic acids is 1. The first-order chi connectivity index (χ1) is 9.70. The summed E-state index contributed by atoms with van der Waals surface area (Å²) in [7, 11) is 0. The lowest BCUT2D eigenvalue weighted by Gasteiger charge is -2.35. The smallest absolute Gasteiger partial charge is 0.226 e. The summed E-state index contributed by atoms with van der Waals surface area (Å²) >= 11 is 0. The molecule has 2 N–H and O–H groups in total. The van der Waals surface area contributed by atoms with Crippen molar-refractivity contribution < 1.29 is 14.3 Å². The van der Waals surface area contributed by atoms with Crippen LogP contribution in [0.3, 0.4) is 0 Å². The van der Waals surface area contributed by atoms with Crippen LogP contribution >= 0.6 is 0 Å². The highest BCUT2D eigenvalue weighted by Gasteiger charge is 2.25. The van der Waals surface area contributed by atoms with E-state index in [1.165, 1.54) is 0 Å². The molecule has 1 heterocycles. The van der Waals surface area contributed by atoms with Crippen LogP contribution in [-0.4, -0.2) is 43.2 Å². The number of hydrogen-bond acceptors (Lipinski definition) is 4. The standard InChI is InChI=1S/C15H22N2O3/c1-2-13-11-19-10-8-17(13)15(18)7-9-20-14-5-3-12(16)4-6-14/h3-6,13H,2,7-11,16H2,1H3. The zero-order chi connectivity index (χ0) is 14.4. The van der Waals surface area contributed by atoms with Gasteiger partial charge in [0.1, 0.15) is 5.75 Å². The lowest BCUT2D eigenvalue weighted by Crippen LogP contribution is -2.48. The van der Waals surface area contributed by atoms with E-state index >= 15 is 0 Å². The second kappa shape index (κ2) is 7.14. The molecule has 1 aliphatic rings. The van der Waals surface area contributed by atoms with Crippen LogP contribution in [0.25, 0.3) is 0 Å². The molecule has 2 rings (SSSR count). The van der Waals surface area contributed by atoms with Crippen LogP contribution in [0.4, 0.5) is 5.69 Å². The highest BCUT2D eigenvalue weighted by molar-refractivity contribution is 5.76. The largest absolute Gasteiger partial charge is 0.493 e. The number of anilines is 1. The Morgan fingerprint density at radius 1 is 1.45 bits per heavy atom. The molecule has 20 heavy (non-hydrogen) atoms. The summed E-state index contributed by atoms with van der Waals surface area (Å²) in [5, 5.41) is 0. The van der Waals surface area contributed by atoms with Crippen molar-refractivity contribution in [3.63, 3.8) is 0 Å². The zero-order valence-corrected chi connectivity index (χ0v) is 11.9. The third-order valence-electron chi connectivity index (χ3n) is 3.48. The van der Waals surface area contributed by atoms with Gasteiger partial charge in [-0.05, 0) is 30.7 Å². The quantitative estimate of drug-likeness (QED) is 0.832. The first kappa shape index (κ1) is 14.7. The van der Waals surface area contributed by atoms with E-state index in [9.17, 15) is 4.79 Å². The molecule has 0 aromatic heterocycles. The number of hydrogen-bond donors (Lipinski definition) is 1. The minimum Gasteiger partial charge on any atom is -0.493 e. The first-order valence-corrected chi connectivity index (χ1v) is 7.06. The Hall–Kier alpha value is -1.75. The van der Waals surface area contributed by atoms with E-state index in [-0.39, 0.29) is 11.9 Å². The summed E-state index contributed by atoms with van der Waals surface area (Å²) in [6.07, 6.45) is 1.31. The zero-order valence-electron chi connectivity index (χ0n) is 11.9. The Balaban J connectivity index is 1.78. The summed E-state index contributed by atoms with van der Waals surface area (Å²) < 4.78 is 11.0. The predicted molar refractivity (Wildman–Crippen MR) is 77.6 cm³/mol. The van der Waals surface area contributed by atoms with Crippen molar-refractivity contribution in [2.45, 2.75) is 25.8 Å². The van der Waals surface area contributed by atoms with Gasteiger partial charge in [0.2, 0.25) is 5.91 Å². The Morgan fingerprint density at radius 3 is 2.90 bits per heavy atom. The average molecular weight is 278 g/mol. The van der Waals surface area contributed by atoms with Gasteiger partial charge in [0.05, 0.1) is 32.3 Å². The number of benzene rings is 1. The second-order valence-corrected chi connectivity index (χ2v) is 4.89. The number of carbonyl (C=O) groups is 1. The molecule has 1 unspecified atom stereocenters. The Kier molecular flexibility index (Phi) is 5.24. The van der Waals surface area contributed by atoms with Gasteiger partial charge in [-0.2, -0.15) is 0 Å². The maximum absolute atomic E-state index is 12.2. The lowest BCUT2D eigenvalue weighted by molar-refractivity contribution is -0.140. The minimum atomic E-state index is 0.135. The van der Waals surface area contributed by atoms with Gasteiger partial charge in [-0.15, -0.1) is 0 Å². The van der Waals surface area contributed by atoms with Gasteiger partial charge in [-0.25, -0.2) is 0 Å². The molecule has 1 fully saturated rings. The lowest BCUT2D eigenvalue weighted by atomic mass is 10.1. The number of morpholine rings is 1. The fourth-order valence-electron chi connectivity index (χ4n) is 2.29. The van der Waals surface area contributed by atoms with Crippen LogP contribution in [-0.2, 0) is 9.53 Å². The Bertz CT molecular complexity index is 433.